The monoisotopic (exact) mass is 272 g/mol. The SMILES string of the molecule is COCCN(CCOC)C(=O)NCc1cccs1. The highest BCUT2D eigenvalue weighted by atomic mass is 32.1. The van der Waals surface area contributed by atoms with E-state index >= 15 is 0 Å². The zero-order chi connectivity index (χ0) is 13.2. The summed E-state index contributed by atoms with van der Waals surface area (Å²) >= 11 is 1.63. The summed E-state index contributed by atoms with van der Waals surface area (Å²) in [6.07, 6.45) is 0. The number of carbonyl (C=O) groups excluding carboxylic acids is 1. The molecule has 0 fully saturated rings. The minimum atomic E-state index is -0.0856. The van der Waals surface area contributed by atoms with Crippen molar-refractivity contribution >= 4 is 17.4 Å². The molecular formula is C12H20N2O3S. The van der Waals surface area contributed by atoms with Crippen LogP contribution in [0.5, 0.6) is 0 Å². The molecule has 1 aromatic rings. The fourth-order valence-corrected chi connectivity index (χ4v) is 2.05. The number of amides is 2. The molecule has 5 nitrogen and oxygen atoms in total. The van der Waals surface area contributed by atoms with E-state index in [0.29, 0.717) is 32.8 Å². The molecule has 0 unspecified atom stereocenters. The summed E-state index contributed by atoms with van der Waals surface area (Å²) in [5, 5.41) is 4.88. The molecule has 0 saturated carbocycles. The first-order valence-electron chi connectivity index (χ1n) is 5.81. The Morgan fingerprint density at radius 2 is 2.00 bits per heavy atom. The molecule has 0 bridgehead atoms. The van der Waals surface area contributed by atoms with Gasteiger partial charge < -0.3 is 19.7 Å². The van der Waals surface area contributed by atoms with Crippen molar-refractivity contribution in [2.75, 3.05) is 40.5 Å². The van der Waals surface area contributed by atoms with Crippen LogP contribution in [0.4, 0.5) is 4.79 Å². The minimum absolute atomic E-state index is 0.0856. The molecule has 1 heterocycles. The number of rotatable bonds is 8. The van der Waals surface area contributed by atoms with E-state index < -0.39 is 0 Å². The second kappa shape index (κ2) is 8.91. The van der Waals surface area contributed by atoms with Crippen LogP contribution < -0.4 is 5.32 Å². The molecule has 1 N–H and O–H groups in total. The lowest BCUT2D eigenvalue weighted by molar-refractivity contribution is 0.122. The summed E-state index contributed by atoms with van der Waals surface area (Å²) in [7, 11) is 3.25. The van der Waals surface area contributed by atoms with E-state index in [4.69, 9.17) is 9.47 Å². The number of hydrogen-bond acceptors (Lipinski definition) is 4. The largest absolute Gasteiger partial charge is 0.383 e. The molecule has 102 valence electrons. The van der Waals surface area contributed by atoms with E-state index in [2.05, 4.69) is 5.32 Å². The Labute approximate surface area is 112 Å². The summed E-state index contributed by atoms with van der Waals surface area (Å²) in [5.74, 6) is 0. The number of thiophene rings is 1. The molecule has 0 spiro atoms. The summed E-state index contributed by atoms with van der Waals surface area (Å²) in [6.45, 7) is 2.74. The molecule has 0 atom stereocenters. The van der Waals surface area contributed by atoms with Gasteiger partial charge in [-0.1, -0.05) is 6.07 Å². The van der Waals surface area contributed by atoms with Gasteiger partial charge in [0.1, 0.15) is 0 Å². The van der Waals surface area contributed by atoms with E-state index in [-0.39, 0.29) is 6.03 Å². The lowest BCUT2D eigenvalue weighted by Crippen LogP contribution is -2.42. The highest BCUT2D eigenvalue weighted by Crippen LogP contribution is 2.07. The first-order chi connectivity index (χ1) is 8.77. The van der Waals surface area contributed by atoms with Crippen molar-refractivity contribution in [3.8, 4) is 0 Å². The fourth-order valence-electron chi connectivity index (χ4n) is 1.41. The van der Waals surface area contributed by atoms with Gasteiger partial charge in [0.05, 0.1) is 19.8 Å². The molecule has 0 radical (unpaired) electrons. The van der Waals surface area contributed by atoms with Gasteiger partial charge in [0.2, 0.25) is 0 Å². The number of nitrogens with zero attached hydrogens (tertiary/aromatic N) is 1. The van der Waals surface area contributed by atoms with Crippen LogP contribution in [0.25, 0.3) is 0 Å². The predicted molar refractivity (Wildman–Crippen MR) is 71.9 cm³/mol. The van der Waals surface area contributed by atoms with Crippen molar-refractivity contribution in [1.82, 2.24) is 10.2 Å². The van der Waals surface area contributed by atoms with Gasteiger partial charge >= 0.3 is 6.03 Å². The molecule has 0 aliphatic rings. The molecule has 2 amide bonds. The second-order valence-corrected chi connectivity index (χ2v) is 4.74. The van der Waals surface area contributed by atoms with Crippen LogP contribution in [-0.2, 0) is 16.0 Å². The molecule has 6 heteroatoms. The van der Waals surface area contributed by atoms with Crippen molar-refractivity contribution in [2.24, 2.45) is 0 Å². The third-order valence-corrected chi connectivity index (χ3v) is 3.29. The first-order valence-corrected chi connectivity index (χ1v) is 6.69. The van der Waals surface area contributed by atoms with E-state index in [1.54, 1.807) is 30.5 Å². The van der Waals surface area contributed by atoms with Gasteiger partial charge in [-0.25, -0.2) is 4.79 Å². The van der Waals surface area contributed by atoms with Gasteiger partial charge in [0.25, 0.3) is 0 Å². The maximum atomic E-state index is 12.0. The number of hydrogen-bond donors (Lipinski definition) is 1. The van der Waals surface area contributed by atoms with Crippen molar-refractivity contribution in [3.63, 3.8) is 0 Å². The average Bonchev–Trinajstić information content (AvgIpc) is 2.89. The number of methoxy groups -OCH3 is 2. The summed E-state index contributed by atoms with van der Waals surface area (Å²) < 4.78 is 9.98. The molecule has 18 heavy (non-hydrogen) atoms. The Bertz CT molecular complexity index is 322. The van der Waals surface area contributed by atoms with Crippen LogP contribution in [-0.4, -0.2) is 51.5 Å². The van der Waals surface area contributed by atoms with Crippen molar-refractivity contribution in [2.45, 2.75) is 6.54 Å². The van der Waals surface area contributed by atoms with E-state index in [1.807, 2.05) is 17.5 Å². The summed E-state index contributed by atoms with van der Waals surface area (Å²) in [4.78, 5) is 14.8. The number of nitrogens with one attached hydrogen (secondary N) is 1. The van der Waals surface area contributed by atoms with Crippen LogP contribution in [0, 0.1) is 0 Å². The van der Waals surface area contributed by atoms with Crippen LogP contribution in [0.3, 0.4) is 0 Å². The normalized spacial score (nSPS) is 10.3. The molecule has 0 aliphatic heterocycles. The second-order valence-electron chi connectivity index (χ2n) is 3.71. The lowest BCUT2D eigenvalue weighted by atomic mass is 10.4. The number of ether oxygens (including phenoxy) is 2. The number of urea groups is 1. The topological polar surface area (TPSA) is 50.8 Å². The maximum Gasteiger partial charge on any atom is 0.317 e. The van der Waals surface area contributed by atoms with Gasteiger partial charge in [-0.2, -0.15) is 0 Å². The Morgan fingerprint density at radius 1 is 1.33 bits per heavy atom. The molecule has 0 aromatic carbocycles. The highest BCUT2D eigenvalue weighted by Gasteiger charge is 2.12. The van der Waals surface area contributed by atoms with Crippen LogP contribution in [0.1, 0.15) is 4.88 Å². The third-order valence-electron chi connectivity index (χ3n) is 2.41. The molecule has 1 aromatic heterocycles. The Kier molecular flexibility index (Phi) is 7.40. The first kappa shape index (κ1) is 14.9. The minimum Gasteiger partial charge on any atom is -0.383 e. The molecule has 1 rings (SSSR count). The highest BCUT2D eigenvalue weighted by molar-refractivity contribution is 7.09. The smallest absolute Gasteiger partial charge is 0.317 e. The molecular weight excluding hydrogens is 252 g/mol. The third kappa shape index (κ3) is 5.48. The zero-order valence-electron chi connectivity index (χ0n) is 10.8. The zero-order valence-corrected chi connectivity index (χ0v) is 11.7. The maximum absolute atomic E-state index is 12.0. The van der Waals surface area contributed by atoms with Crippen molar-refractivity contribution in [3.05, 3.63) is 22.4 Å². The fraction of sp³-hybridized carbons (Fsp3) is 0.583. The molecule has 0 saturated heterocycles. The van der Waals surface area contributed by atoms with Gasteiger partial charge in [-0.15, -0.1) is 11.3 Å². The molecule has 0 aliphatic carbocycles. The van der Waals surface area contributed by atoms with Crippen molar-refractivity contribution < 1.29 is 14.3 Å². The van der Waals surface area contributed by atoms with Gasteiger partial charge in [-0.3, -0.25) is 0 Å². The van der Waals surface area contributed by atoms with E-state index in [1.165, 1.54) is 0 Å². The lowest BCUT2D eigenvalue weighted by Gasteiger charge is -2.22. The standard InChI is InChI=1S/C12H20N2O3S/c1-16-7-5-14(6-8-17-2)12(15)13-10-11-4-3-9-18-11/h3-4,9H,5-8,10H2,1-2H3,(H,13,15). The van der Waals surface area contributed by atoms with Crippen LogP contribution in [0.2, 0.25) is 0 Å². The average molecular weight is 272 g/mol. The van der Waals surface area contributed by atoms with Gasteiger partial charge in [0.15, 0.2) is 0 Å². The van der Waals surface area contributed by atoms with E-state index in [9.17, 15) is 4.79 Å². The Morgan fingerprint density at radius 3 is 2.50 bits per heavy atom. The van der Waals surface area contributed by atoms with E-state index in [0.717, 1.165) is 4.88 Å². The number of carbonyl (C=O) groups is 1. The van der Waals surface area contributed by atoms with Gasteiger partial charge in [0, 0.05) is 32.2 Å². The Balaban J connectivity index is 2.36. The summed E-state index contributed by atoms with van der Waals surface area (Å²) in [5.41, 5.74) is 0. The summed E-state index contributed by atoms with van der Waals surface area (Å²) in [6, 6.07) is 3.89. The van der Waals surface area contributed by atoms with Crippen LogP contribution >= 0.6 is 11.3 Å². The quantitative estimate of drug-likeness (QED) is 0.781. The predicted octanol–water partition coefficient (Wildman–Crippen LogP) is 1.55. The van der Waals surface area contributed by atoms with Gasteiger partial charge in [-0.05, 0) is 11.4 Å². The Hall–Kier alpha value is -1.11. The van der Waals surface area contributed by atoms with Crippen molar-refractivity contribution in [1.29, 1.82) is 0 Å². The van der Waals surface area contributed by atoms with Crippen LogP contribution in [0.15, 0.2) is 17.5 Å².